The van der Waals surface area contributed by atoms with E-state index >= 15 is 44.7 Å². The van der Waals surface area contributed by atoms with Crippen LogP contribution in [0, 0.1) is 41.2 Å². The molecule has 3 aliphatic heterocycles. The fraction of sp³-hybridized carbons (Fsp3) is 0.459. The summed E-state index contributed by atoms with van der Waals surface area (Å²) in [6.45, 7) is 2.68. The number of aromatic nitrogens is 4. The average Bonchev–Trinajstić information content (AvgIpc) is 1.72. The zero-order valence-electron chi connectivity index (χ0n) is 62.3. The number of alkyl halides is 8. The minimum absolute atomic E-state index is 0.0442. The fourth-order valence-electron chi connectivity index (χ4n) is 13.5. The summed E-state index contributed by atoms with van der Waals surface area (Å²) < 4.78 is 192. The number of carbonyl (C=O) groups excluding carboxylic acids is 6. The number of phosphoric ester groups is 1. The first-order chi connectivity index (χ1) is 52.8. The van der Waals surface area contributed by atoms with E-state index in [0.717, 1.165) is 45.4 Å². The molecule has 113 heavy (non-hydrogen) atoms. The van der Waals surface area contributed by atoms with E-state index in [1.54, 1.807) is 5.32 Å². The topological polar surface area (TPSA) is 357 Å². The number of phosphoric acid groups is 1. The van der Waals surface area contributed by atoms with Crippen molar-refractivity contribution in [2.75, 3.05) is 52.0 Å². The number of carbonyl (C=O) groups is 7. The zero-order valence-corrected chi connectivity index (χ0v) is 63.2. The van der Waals surface area contributed by atoms with Crippen LogP contribution in [0.5, 0.6) is 5.75 Å². The number of carboxylic acid groups (broad SMARTS) is 1. The number of nitrogens with one attached hydrogen (secondary N) is 5. The highest BCUT2D eigenvalue weighted by Gasteiger charge is 2.58. The van der Waals surface area contributed by atoms with Gasteiger partial charge in [-0.1, -0.05) is 56.0 Å². The maximum Gasteiger partial charge on any atom is 0.524 e. The summed E-state index contributed by atoms with van der Waals surface area (Å²) in [5, 5.41) is 22.1. The Hall–Kier alpha value is -10.5. The quantitative estimate of drug-likeness (QED) is 0.00520. The monoisotopic (exact) mass is 1620 g/mol. The molecular formula is C74H83F10N12O16P. The molecule has 5 heterocycles. The molecule has 2 aromatic heterocycles. The number of hydrogen-bond donors (Lipinski definition) is 8. The van der Waals surface area contributed by atoms with Crippen LogP contribution >= 0.6 is 7.82 Å². The summed E-state index contributed by atoms with van der Waals surface area (Å²) in [6, 6.07) is 9.19. The van der Waals surface area contributed by atoms with Gasteiger partial charge in [0.25, 0.3) is 5.91 Å². The third kappa shape index (κ3) is 21.7. The number of piperazine rings is 1. The molecule has 3 fully saturated rings. The van der Waals surface area contributed by atoms with Crippen LogP contribution in [0.4, 0.5) is 59.4 Å². The maximum absolute atomic E-state index is 16.9. The number of hydrogen-bond acceptors (Lipinski definition) is 19. The lowest BCUT2D eigenvalue weighted by Gasteiger charge is -2.47. The highest BCUT2D eigenvalue weighted by Crippen LogP contribution is 2.47. The number of carboxylic acids is 1. The Balaban J connectivity index is 1.16. The largest absolute Gasteiger partial charge is 0.524 e. The van der Waals surface area contributed by atoms with Crippen LogP contribution in [-0.4, -0.2) is 188 Å². The van der Waals surface area contributed by atoms with Gasteiger partial charge < -0.3 is 54.7 Å². The van der Waals surface area contributed by atoms with Crippen LogP contribution in [0.1, 0.15) is 122 Å². The Morgan fingerprint density at radius 1 is 0.735 bits per heavy atom. The van der Waals surface area contributed by atoms with E-state index < -0.39 is 176 Å². The number of ether oxygens (including phenoxy) is 4. The van der Waals surface area contributed by atoms with E-state index in [-0.39, 0.29) is 39.0 Å². The van der Waals surface area contributed by atoms with Crippen molar-refractivity contribution in [3.63, 3.8) is 0 Å². The third-order valence-corrected chi connectivity index (χ3v) is 20.2. The fourth-order valence-corrected chi connectivity index (χ4v) is 13.9. The minimum Gasteiger partial charge on any atom is -0.478 e. The van der Waals surface area contributed by atoms with Crippen LogP contribution in [0.3, 0.4) is 0 Å². The van der Waals surface area contributed by atoms with Gasteiger partial charge in [0.15, 0.2) is 0 Å². The number of benzene rings is 4. The lowest BCUT2D eigenvalue weighted by atomic mass is 9.77. The van der Waals surface area contributed by atoms with Gasteiger partial charge in [-0.05, 0) is 125 Å². The Kier molecular flexibility index (Phi) is 27.0. The number of methoxy groups -OCH3 is 2. The standard InChI is InChI=1S/C74H83F10N12O16P/c1-40-24-47(29-58(97)85-31-43-16-18-45(19-17-43)65(101)102)60(56(25-40)112-113(105,106)107)70(2,3)30-59(98)111-57(37-94(92-64(100)62(90-69(104)109-9)72(6,7)74(82,83)84)36-51-52(75)27-46(28-53(51)76)54-22-23-95(91-54)66(77)78)55(88-63(99)61(89-68(103)108-8)71(4,5)73(79,80)81)26-42-13-10-41(11-14-42)12-15-44-32-86-67(87-33-44)93-34-48-20-21-49(35-93)96(48)50-38-110-39-50/h10-11,13-14,16-19,22-25,27-28,32-33,48-50,55,57,61-62,66H,20-21,26,29-31,34-39H2,1-9H3,(H,85,97)(H,88,99)(H,89,103)(H,90,104)(H,92,100)(H,101,102)(H2,105,106,107)/t48?,49?,55-,57-,61+,62+/m0/s1. The van der Waals surface area contributed by atoms with E-state index in [4.69, 9.17) is 14.0 Å². The average molecular weight is 1620 g/mol. The van der Waals surface area contributed by atoms with Gasteiger partial charge in [0.05, 0.1) is 86.6 Å². The molecular weight excluding hydrogens is 1530 g/mol. The summed E-state index contributed by atoms with van der Waals surface area (Å²) in [7, 11) is -4.09. The van der Waals surface area contributed by atoms with Crippen LogP contribution < -0.4 is 36.1 Å². The molecule has 0 aliphatic carbocycles. The van der Waals surface area contributed by atoms with E-state index in [2.05, 4.69) is 62.2 Å². The van der Waals surface area contributed by atoms with E-state index in [9.17, 15) is 52.2 Å². The van der Waals surface area contributed by atoms with Crippen molar-refractivity contribution in [1.29, 1.82) is 0 Å². The summed E-state index contributed by atoms with van der Waals surface area (Å²) >= 11 is 0. The Labute approximate surface area is 641 Å². The third-order valence-electron chi connectivity index (χ3n) is 19.8. The highest BCUT2D eigenvalue weighted by molar-refractivity contribution is 7.46. The predicted molar refractivity (Wildman–Crippen MR) is 382 cm³/mol. The van der Waals surface area contributed by atoms with E-state index in [1.807, 2.05) is 5.32 Å². The number of rotatable bonds is 30. The molecule has 4 aromatic carbocycles. The number of anilines is 1. The van der Waals surface area contributed by atoms with Crippen molar-refractivity contribution < 1.29 is 120 Å². The van der Waals surface area contributed by atoms with Crippen molar-refractivity contribution in [2.45, 2.75) is 160 Å². The number of alkyl carbamates (subject to hydrolysis) is 2. The zero-order chi connectivity index (χ0) is 83.0. The molecule has 610 valence electrons. The molecule has 3 saturated heterocycles. The maximum atomic E-state index is 16.9. The Morgan fingerprint density at radius 3 is 1.81 bits per heavy atom. The second-order valence-electron chi connectivity index (χ2n) is 29.2. The molecule has 9 rings (SSSR count). The van der Waals surface area contributed by atoms with Gasteiger partial charge in [-0.15, -0.1) is 0 Å². The molecule has 28 nitrogen and oxygen atoms in total. The van der Waals surface area contributed by atoms with Crippen LogP contribution in [0.15, 0.2) is 97.5 Å². The highest BCUT2D eigenvalue weighted by atomic mass is 31.2. The lowest BCUT2D eigenvalue weighted by molar-refractivity contribution is -0.221. The number of nitrogens with zero attached hydrogens (tertiary/aromatic N) is 7. The summed E-state index contributed by atoms with van der Waals surface area (Å²) in [6.07, 6.45) is -12.8. The number of halogens is 10. The molecule has 0 radical (unpaired) electrons. The van der Waals surface area contributed by atoms with Crippen LogP contribution in [-0.2, 0) is 74.0 Å². The first-order valence-electron chi connectivity index (χ1n) is 35.1. The van der Waals surface area contributed by atoms with Crippen molar-refractivity contribution in [2.24, 2.45) is 10.8 Å². The lowest BCUT2D eigenvalue weighted by Crippen LogP contribution is -2.64. The van der Waals surface area contributed by atoms with Crippen LogP contribution in [0.2, 0.25) is 0 Å². The van der Waals surface area contributed by atoms with Gasteiger partial charge in [-0.3, -0.25) is 39.3 Å². The molecule has 3 aliphatic rings. The molecule has 6 atom stereocenters. The van der Waals surface area contributed by atoms with Gasteiger partial charge >= 0.3 is 50.8 Å². The van der Waals surface area contributed by atoms with Gasteiger partial charge in [-0.25, -0.2) is 47.4 Å². The van der Waals surface area contributed by atoms with Gasteiger partial charge in [0.2, 0.25) is 17.8 Å². The number of fused-ring (bicyclic) bond motifs is 2. The number of aryl methyl sites for hydroxylation is 1. The first kappa shape index (κ1) is 86.5. The number of aromatic carboxylic acids is 1. The minimum atomic E-state index is -5.57. The molecule has 6 aromatic rings. The Bertz CT molecular complexity index is 4550. The second kappa shape index (κ2) is 35.3. The SMILES string of the molecule is COC(=O)N[C@H](C(=O)N[C@@H](Cc1ccc(C#Cc2cnc(N3CC4CCC(C3)N4C3COC3)nc2)cc1)[C@H](CN(Cc1c(F)cc(-c2ccn(C(F)F)n2)cc1F)NC(=O)[C@@H](NC(=O)OC)C(C)(C)C(F)(F)F)OC(=O)CC(C)(C)c1c(CC(=O)NCc2ccc(C(=O)O)cc2)cc(C)cc1OP(=O)(O)O)C(C)(C)C(F)(F)F. The Morgan fingerprint density at radius 2 is 1.29 bits per heavy atom. The predicted octanol–water partition coefficient (Wildman–Crippen LogP) is 9.27. The van der Waals surface area contributed by atoms with E-state index in [1.165, 1.54) is 87.8 Å². The normalized spacial score (nSPS) is 16.7. The van der Waals surface area contributed by atoms with Gasteiger partial charge in [-0.2, -0.15) is 40.2 Å². The van der Waals surface area contributed by atoms with E-state index in [0.29, 0.717) is 112 Å². The van der Waals surface area contributed by atoms with Crippen molar-refractivity contribution in [1.82, 2.24) is 56.4 Å². The van der Waals surface area contributed by atoms with Gasteiger partial charge in [0, 0.05) is 84.5 Å². The summed E-state index contributed by atoms with van der Waals surface area (Å²) in [4.78, 5) is 131. The molecule has 39 heteroatoms. The second-order valence-corrected chi connectivity index (χ2v) is 30.4. The first-order valence-corrected chi connectivity index (χ1v) is 36.6. The molecule has 2 unspecified atom stereocenters. The molecule has 2 bridgehead atoms. The summed E-state index contributed by atoms with van der Waals surface area (Å²) in [5.41, 5.74) is -7.28. The van der Waals surface area contributed by atoms with Crippen molar-refractivity contribution in [3.8, 4) is 28.8 Å². The number of esters is 1. The molecule has 5 amide bonds. The molecule has 0 saturated carbocycles. The van der Waals surface area contributed by atoms with Crippen molar-refractivity contribution >= 4 is 55.6 Å². The summed E-state index contributed by atoms with van der Waals surface area (Å²) in [5.74, 6) is -4.30. The van der Waals surface area contributed by atoms with Crippen molar-refractivity contribution in [3.05, 3.63) is 159 Å². The van der Waals surface area contributed by atoms with Crippen LogP contribution in [0.25, 0.3) is 11.3 Å². The molecule has 0 spiro atoms. The molecule has 8 N–H and O–H groups in total. The number of amides is 5. The van der Waals surface area contributed by atoms with Gasteiger partial charge in [0.1, 0.15) is 35.6 Å². The smallest absolute Gasteiger partial charge is 0.478 e. The number of hydrazine groups is 1.